The van der Waals surface area contributed by atoms with Crippen molar-refractivity contribution in [2.24, 2.45) is 52.3 Å². The van der Waals surface area contributed by atoms with Crippen LogP contribution in [0.4, 0.5) is 0 Å². The smallest absolute Gasteiger partial charge is 0.320 e. The van der Waals surface area contributed by atoms with Gasteiger partial charge in [0.1, 0.15) is 5.78 Å². The summed E-state index contributed by atoms with van der Waals surface area (Å²) in [6, 6.07) is 0. The molecule has 0 saturated heterocycles. The first-order valence-electron chi connectivity index (χ1n) is 14.4. The van der Waals surface area contributed by atoms with Crippen LogP contribution in [-0.2, 0) is 23.9 Å². The van der Waals surface area contributed by atoms with E-state index in [0.29, 0.717) is 35.4 Å². The minimum absolute atomic E-state index is 0.282. The Morgan fingerprint density at radius 1 is 0.943 bits per heavy atom. The van der Waals surface area contributed by atoms with Crippen molar-refractivity contribution >= 4 is 17.7 Å². The van der Waals surface area contributed by atoms with Gasteiger partial charge in [-0.3, -0.25) is 14.4 Å². The van der Waals surface area contributed by atoms with Gasteiger partial charge in [0.05, 0.1) is 14.2 Å². The van der Waals surface area contributed by atoms with Crippen molar-refractivity contribution in [1.82, 2.24) is 0 Å². The van der Waals surface area contributed by atoms with Crippen LogP contribution >= 0.6 is 0 Å². The second-order valence-electron chi connectivity index (χ2n) is 12.1. The molecule has 0 N–H and O–H groups in total. The van der Waals surface area contributed by atoms with Gasteiger partial charge in [0.25, 0.3) is 0 Å². The zero-order valence-corrected chi connectivity index (χ0v) is 23.4. The maximum absolute atomic E-state index is 12.4. The number of ether oxygens (including phenoxy) is 2. The van der Waals surface area contributed by atoms with Crippen molar-refractivity contribution < 1.29 is 23.9 Å². The molecule has 0 amide bonds. The third-order valence-electron chi connectivity index (χ3n) is 11.2. The van der Waals surface area contributed by atoms with E-state index in [2.05, 4.69) is 20.8 Å². The summed E-state index contributed by atoms with van der Waals surface area (Å²) in [4.78, 5) is 36.7. The van der Waals surface area contributed by atoms with Gasteiger partial charge in [0, 0.05) is 12.8 Å². The number of fused-ring (bicyclic) bond motifs is 5. The first kappa shape index (κ1) is 28.2. The van der Waals surface area contributed by atoms with Gasteiger partial charge in [0.15, 0.2) is 5.92 Å². The van der Waals surface area contributed by atoms with E-state index in [-0.39, 0.29) is 5.41 Å². The highest BCUT2D eigenvalue weighted by Crippen LogP contribution is 2.69. The molecule has 0 aromatic heterocycles. The van der Waals surface area contributed by atoms with Crippen molar-refractivity contribution in [3.8, 4) is 0 Å². The lowest BCUT2D eigenvalue weighted by atomic mass is 9.42. The Balaban J connectivity index is 0.00000167. The van der Waals surface area contributed by atoms with Crippen LogP contribution in [0.5, 0.6) is 0 Å². The maximum atomic E-state index is 12.4. The molecule has 0 aliphatic heterocycles. The summed E-state index contributed by atoms with van der Waals surface area (Å²) in [5.74, 6) is 2.73. The zero-order chi connectivity index (χ0) is 26.0. The van der Waals surface area contributed by atoms with Gasteiger partial charge in [-0.2, -0.15) is 0 Å². The van der Waals surface area contributed by atoms with E-state index in [1.54, 1.807) is 0 Å². The van der Waals surface area contributed by atoms with Crippen LogP contribution in [0.25, 0.3) is 0 Å². The van der Waals surface area contributed by atoms with Crippen molar-refractivity contribution in [3.63, 3.8) is 0 Å². The Bertz CT molecular complexity index is 761. The third kappa shape index (κ3) is 4.94. The highest BCUT2D eigenvalue weighted by Gasteiger charge is 2.61. The van der Waals surface area contributed by atoms with E-state index >= 15 is 0 Å². The van der Waals surface area contributed by atoms with Crippen LogP contribution in [-0.4, -0.2) is 31.9 Å². The van der Waals surface area contributed by atoms with Gasteiger partial charge in [0.2, 0.25) is 0 Å². The molecule has 4 aliphatic rings. The Hall–Kier alpha value is -1.39. The van der Waals surface area contributed by atoms with E-state index in [9.17, 15) is 14.4 Å². The monoisotopic (exact) mass is 490 g/mol. The lowest BCUT2D eigenvalue weighted by molar-refractivity contribution is -0.159. The number of methoxy groups -OCH3 is 2. The second-order valence-corrected chi connectivity index (χ2v) is 12.1. The van der Waals surface area contributed by atoms with Crippen LogP contribution in [0.3, 0.4) is 0 Å². The summed E-state index contributed by atoms with van der Waals surface area (Å²) in [5, 5.41) is 0. The van der Waals surface area contributed by atoms with Gasteiger partial charge in [-0.15, -0.1) is 0 Å². The molecule has 35 heavy (non-hydrogen) atoms. The van der Waals surface area contributed by atoms with Crippen LogP contribution in [0.1, 0.15) is 105 Å². The number of esters is 2. The number of carbonyl (C=O) groups is 3. The Morgan fingerprint density at radius 2 is 1.57 bits per heavy atom. The fourth-order valence-electron chi connectivity index (χ4n) is 9.31. The molecule has 5 nitrogen and oxygen atoms in total. The van der Waals surface area contributed by atoms with Crippen molar-refractivity contribution in [1.29, 1.82) is 0 Å². The fraction of sp³-hybridized carbons (Fsp3) is 0.900. The number of hydrogen-bond acceptors (Lipinski definition) is 5. The summed E-state index contributed by atoms with van der Waals surface area (Å²) in [6.45, 7) is 11.3. The summed E-state index contributed by atoms with van der Waals surface area (Å²) in [5.41, 5.74) is 0.599. The molecule has 4 rings (SSSR count). The number of hydrogen-bond donors (Lipinski definition) is 0. The zero-order valence-electron chi connectivity index (χ0n) is 23.4. The van der Waals surface area contributed by atoms with Gasteiger partial charge in [-0.1, -0.05) is 41.0 Å². The average Bonchev–Trinajstić information content (AvgIpc) is 3.21. The van der Waals surface area contributed by atoms with E-state index in [4.69, 9.17) is 9.47 Å². The Morgan fingerprint density at radius 3 is 2.17 bits per heavy atom. The minimum Gasteiger partial charge on any atom is -0.468 e. The van der Waals surface area contributed by atoms with Crippen molar-refractivity contribution in [2.75, 3.05) is 14.2 Å². The maximum Gasteiger partial charge on any atom is 0.320 e. The highest BCUT2D eigenvalue weighted by atomic mass is 16.5. The van der Waals surface area contributed by atoms with Gasteiger partial charge in [-0.05, 0) is 97.7 Å². The normalized spacial score (nSPS) is 40.1. The molecule has 0 aromatic rings. The lowest BCUT2D eigenvalue weighted by Gasteiger charge is -2.62. The molecule has 0 bridgehead atoms. The first-order chi connectivity index (χ1) is 16.7. The summed E-state index contributed by atoms with van der Waals surface area (Å²) < 4.78 is 9.76. The topological polar surface area (TPSA) is 69.7 Å². The number of ketones is 1. The molecule has 0 aromatic carbocycles. The van der Waals surface area contributed by atoms with E-state index < -0.39 is 17.9 Å². The molecule has 5 heteroatoms. The molecule has 4 saturated carbocycles. The molecular weight excluding hydrogens is 440 g/mol. The largest absolute Gasteiger partial charge is 0.468 e. The van der Waals surface area contributed by atoms with Gasteiger partial charge < -0.3 is 9.47 Å². The highest BCUT2D eigenvalue weighted by molar-refractivity contribution is 5.94. The van der Waals surface area contributed by atoms with Gasteiger partial charge in [-0.25, -0.2) is 0 Å². The summed E-state index contributed by atoms with van der Waals surface area (Å²) in [6.07, 6.45) is 11.5. The SMILES string of the molecule is CC.CCC1CC2C3CCC(CCC(C(=O)OC)C(=O)OC)C3(C)CCC2C2(C)CCC(=O)CC12. The number of carbonyl (C=O) groups excluding carboxylic acids is 3. The molecular formula is C30H50O5. The summed E-state index contributed by atoms with van der Waals surface area (Å²) >= 11 is 0. The predicted molar refractivity (Wildman–Crippen MR) is 137 cm³/mol. The molecule has 0 spiro atoms. The fourth-order valence-corrected chi connectivity index (χ4v) is 9.31. The van der Waals surface area contributed by atoms with Crippen LogP contribution in [0.2, 0.25) is 0 Å². The molecule has 8 unspecified atom stereocenters. The van der Waals surface area contributed by atoms with Crippen molar-refractivity contribution in [2.45, 2.75) is 105 Å². The van der Waals surface area contributed by atoms with E-state index in [1.165, 1.54) is 52.7 Å². The molecule has 0 heterocycles. The third-order valence-corrected chi connectivity index (χ3v) is 11.2. The predicted octanol–water partition coefficient (Wildman–Crippen LogP) is 6.62. The molecule has 200 valence electrons. The quantitative estimate of drug-likeness (QED) is 0.309. The Kier molecular flexibility index (Phi) is 9.13. The Labute approximate surface area is 213 Å². The lowest BCUT2D eigenvalue weighted by Crippen LogP contribution is -2.56. The van der Waals surface area contributed by atoms with Crippen LogP contribution in [0.15, 0.2) is 0 Å². The summed E-state index contributed by atoms with van der Waals surface area (Å²) in [7, 11) is 2.68. The molecule has 4 fully saturated rings. The molecule has 8 atom stereocenters. The standard InChI is InChI=1S/C28H44O5.C2H6/c1-6-17-15-21-22-10-8-18(7-9-20(25(30)32-4)26(31)33-5)27(22,2)14-12-23(21)28(3)13-11-19(29)16-24(17)28;1-2/h17-18,20-24H,6-16H2,1-5H3;1-2H3. The van der Waals surface area contributed by atoms with E-state index in [0.717, 1.165) is 43.4 Å². The van der Waals surface area contributed by atoms with E-state index in [1.807, 2.05) is 13.8 Å². The van der Waals surface area contributed by atoms with Crippen LogP contribution in [0, 0.1) is 52.3 Å². The van der Waals surface area contributed by atoms with Crippen molar-refractivity contribution in [3.05, 3.63) is 0 Å². The number of rotatable bonds is 6. The average molecular weight is 491 g/mol. The van der Waals surface area contributed by atoms with Gasteiger partial charge >= 0.3 is 11.9 Å². The minimum atomic E-state index is -0.808. The number of Topliss-reactive ketones (excluding diaryl/α,β-unsaturated/α-hetero) is 1. The second kappa shape index (κ2) is 11.3. The molecule has 4 aliphatic carbocycles. The van der Waals surface area contributed by atoms with Crippen LogP contribution < -0.4 is 0 Å². The molecule has 0 radical (unpaired) electrons. The first-order valence-corrected chi connectivity index (χ1v) is 14.4.